The second-order valence-electron chi connectivity index (χ2n) is 5.53. The predicted molar refractivity (Wildman–Crippen MR) is 93.0 cm³/mol. The Bertz CT molecular complexity index is 982. The van der Waals surface area contributed by atoms with Gasteiger partial charge in [-0.15, -0.1) is 0 Å². The number of nitrogens with zero attached hydrogens (tertiary/aromatic N) is 1. The molecule has 136 valence electrons. The van der Waals surface area contributed by atoms with Crippen molar-refractivity contribution in [1.29, 1.82) is 0 Å². The molecule has 7 nitrogen and oxygen atoms in total. The van der Waals surface area contributed by atoms with E-state index >= 15 is 0 Å². The highest BCUT2D eigenvalue weighted by molar-refractivity contribution is 7.90. The molecular formula is C18H17NO6S. The summed E-state index contributed by atoms with van der Waals surface area (Å²) in [5, 5.41) is 19.7. The van der Waals surface area contributed by atoms with Crippen LogP contribution in [0.3, 0.4) is 0 Å². The summed E-state index contributed by atoms with van der Waals surface area (Å²) in [6.45, 7) is 0. The number of benzene rings is 2. The fraction of sp³-hybridized carbons (Fsp3) is 0.167. The minimum absolute atomic E-state index is 0.0269. The van der Waals surface area contributed by atoms with Gasteiger partial charge in [-0.25, -0.2) is 13.4 Å². The summed E-state index contributed by atoms with van der Waals surface area (Å²) in [6.07, 6.45) is 0.761. The molecule has 0 spiro atoms. The molecule has 0 fully saturated rings. The van der Waals surface area contributed by atoms with Crippen LogP contribution in [-0.4, -0.2) is 30.7 Å². The first-order valence-corrected chi connectivity index (χ1v) is 9.32. The molecule has 0 aliphatic carbocycles. The van der Waals surface area contributed by atoms with E-state index in [1.807, 2.05) is 0 Å². The van der Waals surface area contributed by atoms with Gasteiger partial charge in [-0.1, -0.05) is 24.3 Å². The highest BCUT2D eigenvalue weighted by Gasteiger charge is 2.25. The fourth-order valence-corrected chi connectivity index (χ4v) is 4.13. The first-order chi connectivity index (χ1) is 12.4. The molecule has 0 radical (unpaired) electrons. The minimum atomic E-state index is -3.67. The number of rotatable bonds is 6. The molecule has 0 aliphatic heterocycles. The van der Waals surface area contributed by atoms with E-state index in [4.69, 9.17) is 9.15 Å². The molecule has 0 bridgehead atoms. The quantitative estimate of drug-likeness (QED) is 0.636. The van der Waals surface area contributed by atoms with Gasteiger partial charge in [0, 0.05) is 0 Å². The fourth-order valence-electron chi connectivity index (χ4n) is 2.73. The Morgan fingerprint density at radius 2 is 1.88 bits per heavy atom. The third-order valence-electron chi connectivity index (χ3n) is 3.89. The van der Waals surface area contributed by atoms with Crippen molar-refractivity contribution in [2.75, 3.05) is 7.11 Å². The number of aliphatic hydroxyl groups is 2. The van der Waals surface area contributed by atoms with Gasteiger partial charge in [0.1, 0.15) is 5.75 Å². The standard InChI is InChI=1S/C18H17NO6S/c1-24-17-14(15-9-19-11-25-15)8-7-12(16(17)18(20)21)10-26(22,23)13-5-3-2-4-6-13/h2-9,11,18,20-21H,10H2,1H3. The molecule has 8 heteroatoms. The van der Waals surface area contributed by atoms with E-state index < -0.39 is 21.9 Å². The summed E-state index contributed by atoms with van der Waals surface area (Å²) >= 11 is 0. The van der Waals surface area contributed by atoms with Crippen molar-refractivity contribution in [2.24, 2.45) is 0 Å². The van der Waals surface area contributed by atoms with Gasteiger partial charge in [-0.2, -0.15) is 0 Å². The van der Waals surface area contributed by atoms with Gasteiger partial charge in [-0.3, -0.25) is 0 Å². The third kappa shape index (κ3) is 3.48. The summed E-state index contributed by atoms with van der Waals surface area (Å²) in [5.74, 6) is 0.0792. The summed E-state index contributed by atoms with van der Waals surface area (Å²) in [4.78, 5) is 3.98. The number of aliphatic hydroxyl groups excluding tert-OH is 1. The molecule has 2 aromatic carbocycles. The maximum atomic E-state index is 12.7. The largest absolute Gasteiger partial charge is 0.495 e. The lowest BCUT2D eigenvalue weighted by molar-refractivity contribution is -0.0443. The third-order valence-corrected chi connectivity index (χ3v) is 5.58. The van der Waals surface area contributed by atoms with Crippen molar-refractivity contribution < 1.29 is 27.8 Å². The van der Waals surface area contributed by atoms with Crippen LogP contribution in [0.5, 0.6) is 5.75 Å². The van der Waals surface area contributed by atoms with Crippen LogP contribution in [0.4, 0.5) is 0 Å². The summed E-state index contributed by atoms with van der Waals surface area (Å²) in [7, 11) is -2.32. The summed E-state index contributed by atoms with van der Waals surface area (Å²) in [5.41, 5.74) is 0.638. The van der Waals surface area contributed by atoms with Crippen molar-refractivity contribution in [1.82, 2.24) is 4.98 Å². The Morgan fingerprint density at radius 3 is 2.46 bits per heavy atom. The van der Waals surface area contributed by atoms with Gasteiger partial charge >= 0.3 is 0 Å². The van der Waals surface area contributed by atoms with E-state index in [1.165, 1.54) is 37.9 Å². The van der Waals surface area contributed by atoms with Crippen LogP contribution in [-0.2, 0) is 15.6 Å². The van der Waals surface area contributed by atoms with Crippen molar-refractivity contribution in [3.63, 3.8) is 0 Å². The molecule has 3 aromatic rings. The van der Waals surface area contributed by atoms with E-state index in [1.54, 1.807) is 24.3 Å². The first-order valence-electron chi connectivity index (χ1n) is 7.66. The number of hydrogen-bond acceptors (Lipinski definition) is 7. The molecule has 2 N–H and O–H groups in total. The topological polar surface area (TPSA) is 110 Å². The Labute approximate surface area is 150 Å². The van der Waals surface area contributed by atoms with Gasteiger partial charge in [0.05, 0.1) is 35.1 Å². The average molecular weight is 375 g/mol. The molecule has 0 saturated carbocycles. The highest BCUT2D eigenvalue weighted by atomic mass is 32.2. The lowest BCUT2D eigenvalue weighted by Crippen LogP contribution is -2.11. The molecule has 3 rings (SSSR count). The average Bonchev–Trinajstić information content (AvgIpc) is 3.15. The maximum Gasteiger partial charge on any atom is 0.182 e. The maximum absolute atomic E-state index is 12.7. The Kier molecular flexibility index (Phi) is 5.08. The Balaban J connectivity index is 2.11. The SMILES string of the molecule is COc1c(-c2cnco2)ccc(CS(=O)(=O)c2ccccc2)c1C(O)O. The molecule has 0 saturated heterocycles. The van der Waals surface area contributed by atoms with Crippen LogP contribution in [0.1, 0.15) is 17.4 Å². The van der Waals surface area contributed by atoms with Gasteiger partial charge < -0.3 is 19.4 Å². The molecule has 1 aromatic heterocycles. The van der Waals surface area contributed by atoms with Crippen LogP contribution in [0.15, 0.2) is 64.4 Å². The highest BCUT2D eigenvalue weighted by Crippen LogP contribution is 2.38. The number of methoxy groups -OCH3 is 1. The van der Waals surface area contributed by atoms with E-state index in [2.05, 4.69) is 4.98 Å². The number of ether oxygens (including phenoxy) is 1. The van der Waals surface area contributed by atoms with Gasteiger partial charge in [0.15, 0.2) is 28.3 Å². The summed E-state index contributed by atoms with van der Waals surface area (Å²) < 4.78 is 35.9. The Morgan fingerprint density at radius 1 is 1.15 bits per heavy atom. The van der Waals surface area contributed by atoms with Crippen molar-refractivity contribution in [3.8, 4) is 17.1 Å². The van der Waals surface area contributed by atoms with E-state index in [0.29, 0.717) is 11.3 Å². The normalized spacial score (nSPS) is 11.7. The zero-order chi connectivity index (χ0) is 18.7. The van der Waals surface area contributed by atoms with Crippen molar-refractivity contribution in [2.45, 2.75) is 16.9 Å². The zero-order valence-electron chi connectivity index (χ0n) is 13.9. The molecule has 0 amide bonds. The van der Waals surface area contributed by atoms with Gasteiger partial charge in [0.2, 0.25) is 0 Å². The molecule has 26 heavy (non-hydrogen) atoms. The molecule has 0 aliphatic rings. The monoisotopic (exact) mass is 375 g/mol. The van der Waals surface area contributed by atoms with E-state index in [0.717, 1.165) is 0 Å². The lowest BCUT2D eigenvalue weighted by atomic mass is 10.0. The first kappa shape index (κ1) is 18.1. The van der Waals surface area contributed by atoms with E-state index in [9.17, 15) is 18.6 Å². The van der Waals surface area contributed by atoms with E-state index in [-0.39, 0.29) is 21.8 Å². The number of aromatic nitrogens is 1. The zero-order valence-corrected chi connectivity index (χ0v) is 14.7. The molecular weight excluding hydrogens is 358 g/mol. The smallest absolute Gasteiger partial charge is 0.182 e. The molecule has 1 heterocycles. The van der Waals surface area contributed by atoms with Crippen LogP contribution in [0, 0.1) is 0 Å². The minimum Gasteiger partial charge on any atom is -0.495 e. The van der Waals surface area contributed by atoms with Crippen LogP contribution < -0.4 is 4.74 Å². The van der Waals surface area contributed by atoms with Gasteiger partial charge in [-0.05, 0) is 23.8 Å². The molecule has 0 atom stereocenters. The van der Waals surface area contributed by atoms with Crippen LogP contribution in [0.25, 0.3) is 11.3 Å². The molecule has 0 unspecified atom stereocenters. The number of sulfone groups is 1. The van der Waals surface area contributed by atoms with Crippen LogP contribution in [0.2, 0.25) is 0 Å². The second kappa shape index (κ2) is 7.28. The lowest BCUT2D eigenvalue weighted by Gasteiger charge is -2.18. The number of hydrogen-bond donors (Lipinski definition) is 2. The number of oxazole rings is 1. The van der Waals surface area contributed by atoms with Crippen LogP contribution >= 0.6 is 0 Å². The Hall–Kier alpha value is -2.68. The second-order valence-corrected chi connectivity index (χ2v) is 7.52. The van der Waals surface area contributed by atoms with Crippen molar-refractivity contribution in [3.05, 3.63) is 66.2 Å². The van der Waals surface area contributed by atoms with Crippen molar-refractivity contribution >= 4 is 9.84 Å². The predicted octanol–water partition coefficient (Wildman–Crippen LogP) is 2.31. The summed E-state index contributed by atoms with van der Waals surface area (Å²) in [6, 6.07) is 11.1. The van der Waals surface area contributed by atoms with Gasteiger partial charge in [0.25, 0.3) is 0 Å².